The number of hydrogen-bond donors (Lipinski definition) is 1. The minimum absolute atomic E-state index is 0.0172. The number of aliphatic hydroxyl groups is 1. The predicted octanol–water partition coefficient (Wildman–Crippen LogP) is 1.51. The van der Waals surface area contributed by atoms with Crippen molar-refractivity contribution in [1.82, 2.24) is 0 Å². The monoisotopic (exact) mass is 230 g/mol. The van der Waals surface area contributed by atoms with Crippen LogP contribution in [0.25, 0.3) is 0 Å². The molecule has 1 fully saturated rings. The summed E-state index contributed by atoms with van der Waals surface area (Å²) in [6.45, 7) is 4.02. The van der Waals surface area contributed by atoms with E-state index in [0.29, 0.717) is 13.0 Å². The number of carbonyl (C=O) groups is 1. The van der Waals surface area contributed by atoms with Gasteiger partial charge in [-0.05, 0) is 26.2 Å². The molecule has 0 heterocycles. The summed E-state index contributed by atoms with van der Waals surface area (Å²) in [5.41, 5.74) is -1.31. The van der Waals surface area contributed by atoms with E-state index in [1.54, 1.807) is 14.0 Å². The van der Waals surface area contributed by atoms with Gasteiger partial charge in [-0.25, -0.2) is 4.79 Å². The van der Waals surface area contributed by atoms with Gasteiger partial charge in [0.25, 0.3) is 0 Å². The molecular weight excluding hydrogens is 208 g/mol. The normalized spacial score (nSPS) is 28.0. The summed E-state index contributed by atoms with van der Waals surface area (Å²) in [6.07, 6.45) is 2.90. The molecule has 0 amide bonds. The van der Waals surface area contributed by atoms with E-state index in [2.05, 4.69) is 0 Å². The largest absolute Gasteiger partial charge is 0.464 e. The third-order valence-corrected chi connectivity index (χ3v) is 3.36. The average molecular weight is 230 g/mol. The Hall–Kier alpha value is -0.610. The van der Waals surface area contributed by atoms with Crippen LogP contribution in [0.15, 0.2) is 0 Å². The molecule has 4 nitrogen and oxygen atoms in total. The molecule has 0 aromatic rings. The Morgan fingerprint density at radius 1 is 1.44 bits per heavy atom. The maximum atomic E-state index is 11.8. The van der Waals surface area contributed by atoms with Crippen LogP contribution in [-0.4, -0.2) is 36.5 Å². The summed E-state index contributed by atoms with van der Waals surface area (Å²) < 4.78 is 10.1. The van der Waals surface area contributed by atoms with Gasteiger partial charge in [0, 0.05) is 13.0 Å². The molecular formula is C12H22O4. The Morgan fingerprint density at radius 3 is 2.50 bits per heavy atom. The molecule has 0 aromatic carbocycles. The lowest BCUT2D eigenvalue weighted by Crippen LogP contribution is -2.53. The van der Waals surface area contributed by atoms with Gasteiger partial charge in [-0.15, -0.1) is 0 Å². The first kappa shape index (κ1) is 13.5. The Balaban J connectivity index is 2.62. The minimum atomic E-state index is -1.31. The molecule has 1 atom stereocenters. The number of hydrogen-bond acceptors (Lipinski definition) is 4. The van der Waals surface area contributed by atoms with Crippen molar-refractivity contribution in [1.29, 1.82) is 0 Å². The smallest absolute Gasteiger partial charge is 0.338 e. The molecule has 94 valence electrons. The summed E-state index contributed by atoms with van der Waals surface area (Å²) in [4.78, 5) is 11.8. The van der Waals surface area contributed by atoms with Crippen molar-refractivity contribution in [2.45, 2.75) is 51.2 Å². The zero-order valence-corrected chi connectivity index (χ0v) is 10.4. The number of carbonyl (C=O) groups excluding carboxylic acids is 1. The SMILES string of the molecule is CCCC(O)(C(=O)OCC)C1CC(OC)C1. The van der Waals surface area contributed by atoms with E-state index in [9.17, 15) is 9.90 Å². The van der Waals surface area contributed by atoms with Crippen LogP contribution in [0.1, 0.15) is 39.5 Å². The van der Waals surface area contributed by atoms with E-state index < -0.39 is 11.6 Å². The molecule has 1 aliphatic rings. The standard InChI is InChI=1S/C12H22O4/c1-4-6-12(14,11(13)16-5-2)9-7-10(8-9)15-3/h9-10,14H,4-8H2,1-3H3. The number of ether oxygens (including phenoxy) is 2. The maximum absolute atomic E-state index is 11.8. The molecule has 4 heteroatoms. The van der Waals surface area contributed by atoms with Crippen molar-refractivity contribution in [3.05, 3.63) is 0 Å². The lowest BCUT2D eigenvalue weighted by molar-refractivity contribution is -0.183. The summed E-state index contributed by atoms with van der Waals surface area (Å²) in [6, 6.07) is 0. The summed E-state index contributed by atoms with van der Waals surface area (Å²) in [7, 11) is 1.66. The van der Waals surface area contributed by atoms with Crippen LogP contribution in [0.3, 0.4) is 0 Å². The summed E-state index contributed by atoms with van der Waals surface area (Å²) >= 11 is 0. The molecule has 0 aliphatic heterocycles. The summed E-state index contributed by atoms with van der Waals surface area (Å²) in [5, 5.41) is 10.4. The molecule has 0 spiro atoms. The molecule has 1 N–H and O–H groups in total. The number of methoxy groups -OCH3 is 1. The van der Waals surface area contributed by atoms with Gasteiger partial charge in [-0.1, -0.05) is 13.3 Å². The van der Waals surface area contributed by atoms with Crippen LogP contribution in [0.2, 0.25) is 0 Å². The van der Waals surface area contributed by atoms with Gasteiger partial charge >= 0.3 is 5.97 Å². The minimum Gasteiger partial charge on any atom is -0.464 e. The first-order chi connectivity index (χ1) is 7.58. The Bertz CT molecular complexity index is 235. The van der Waals surface area contributed by atoms with Crippen LogP contribution in [0, 0.1) is 5.92 Å². The van der Waals surface area contributed by atoms with Gasteiger partial charge < -0.3 is 14.6 Å². The highest BCUT2D eigenvalue weighted by Gasteiger charge is 2.50. The van der Waals surface area contributed by atoms with Crippen molar-refractivity contribution in [3.63, 3.8) is 0 Å². The molecule has 1 unspecified atom stereocenters. The van der Waals surface area contributed by atoms with E-state index in [1.807, 2.05) is 6.92 Å². The Morgan fingerprint density at radius 2 is 2.06 bits per heavy atom. The van der Waals surface area contributed by atoms with Gasteiger partial charge in [-0.3, -0.25) is 0 Å². The van der Waals surface area contributed by atoms with E-state index in [4.69, 9.17) is 9.47 Å². The zero-order valence-electron chi connectivity index (χ0n) is 10.4. The van der Waals surface area contributed by atoms with E-state index >= 15 is 0 Å². The number of esters is 1. The zero-order chi connectivity index (χ0) is 12.2. The second-order valence-electron chi connectivity index (χ2n) is 4.42. The molecule has 16 heavy (non-hydrogen) atoms. The maximum Gasteiger partial charge on any atom is 0.338 e. The van der Waals surface area contributed by atoms with Crippen molar-refractivity contribution in [2.24, 2.45) is 5.92 Å². The summed E-state index contributed by atoms with van der Waals surface area (Å²) in [5.74, 6) is -0.493. The third-order valence-electron chi connectivity index (χ3n) is 3.36. The van der Waals surface area contributed by atoms with Crippen molar-refractivity contribution in [3.8, 4) is 0 Å². The molecule has 0 radical (unpaired) electrons. The lowest BCUT2D eigenvalue weighted by Gasteiger charge is -2.43. The van der Waals surface area contributed by atoms with Crippen LogP contribution >= 0.6 is 0 Å². The second-order valence-corrected chi connectivity index (χ2v) is 4.42. The second kappa shape index (κ2) is 5.64. The van der Waals surface area contributed by atoms with Crippen molar-refractivity contribution < 1.29 is 19.4 Å². The Kier molecular flexibility index (Phi) is 4.74. The van der Waals surface area contributed by atoms with Crippen LogP contribution in [0.4, 0.5) is 0 Å². The van der Waals surface area contributed by atoms with Gasteiger partial charge in [-0.2, -0.15) is 0 Å². The molecule has 1 aliphatic carbocycles. The molecule has 1 saturated carbocycles. The fourth-order valence-corrected chi connectivity index (χ4v) is 2.26. The fourth-order valence-electron chi connectivity index (χ4n) is 2.26. The van der Waals surface area contributed by atoms with Crippen molar-refractivity contribution >= 4 is 5.97 Å². The quantitative estimate of drug-likeness (QED) is 0.703. The highest BCUT2D eigenvalue weighted by molar-refractivity contribution is 5.79. The third kappa shape index (κ3) is 2.55. The topological polar surface area (TPSA) is 55.8 Å². The number of rotatable bonds is 6. The van der Waals surface area contributed by atoms with Gasteiger partial charge in [0.15, 0.2) is 5.60 Å². The van der Waals surface area contributed by atoms with Crippen LogP contribution in [0.5, 0.6) is 0 Å². The van der Waals surface area contributed by atoms with Gasteiger partial charge in [0.05, 0.1) is 12.7 Å². The molecule has 0 bridgehead atoms. The van der Waals surface area contributed by atoms with Crippen LogP contribution < -0.4 is 0 Å². The highest BCUT2D eigenvalue weighted by Crippen LogP contribution is 2.41. The molecule has 1 rings (SSSR count). The van der Waals surface area contributed by atoms with Gasteiger partial charge in [0.1, 0.15) is 0 Å². The van der Waals surface area contributed by atoms with E-state index in [1.165, 1.54) is 0 Å². The Labute approximate surface area is 96.9 Å². The predicted molar refractivity (Wildman–Crippen MR) is 60.0 cm³/mol. The first-order valence-electron chi connectivity index (χ1n) is 6.00. The van der Waals surface area contributed by atoms with Crippen LogP contribution in [-0.2, 0) is 14.3 Å². The van der Waals surface area contributed by atoms with Crippen molar-refractivity contribution in [2.75, 3.05) is 13.7 Å². The fraction of sp³-hybridized carbons (Fsp3) is 0.917. The molecule has 0 aromatic heterocycles. The lowest BCUT2D eigenvalue weighted by atomic mass is 9.69. The van der Waals surface area contributed by atoms with Gasteiger partial charge in [0.2, 0.25) is 0 Å². The van der Waals surface area contributed by atoms with E-state index in [0.717, 1.165) is 19.3 Å². The van der Waals surface area contributed by atoms with E-state index in [-0.39, 0.29) is 12.0 Å². The molecule has 0 saturated heterocycles. The first-order valence-corrected chi connectivity index (χ1v) is 6.00. The highest BCUT2D eigenvalue weighted by atomic mass is 16.5. The average Bonchev–Trinajstić information content (AvgIpc) is 2.16.